The van der Waals surface area contributed by atoms with Crippen LogP contribution in [0, 0.1) is 0 Å². The first-order valence-corrected chi connectivity index (χ1v) is 11.8. The molecule has 2 N–H and O–H groups in total. The van der Waals surface area contributed by atoms with Crippen LogP contribution in [0.4, 0.5) is 5.69 Å². The van der Waals surface area contributed by atoms with E-state index >= 15 is 0 Å². The number of hydrogen-bond acceptors (Lipinski definition) is 6. The van der Waals surface area contributed by atoms with Crippen LogP contribution < -0.4 is 10.0 Å². The van der Waals surface area contributed by atoms with Crippen molar-refractivity contribution in [1.29, 1.82) is 0 Å². The third-order valence-corrected chi connectivity index (χ3v) is 6.04. The number of ether oxygens (including phenoxy) is 1. The Bertz CT molecular complexity index is 1030. The number of sulfonamides is 1. The summed E-state index contributed by atoms with van der Waals surface area (Å²) in [5.41, 5.74) is 2.08. The first-order chi connectivity index (χ1) is 15.2. The quantitative estimate of drug-likeness (QED) is 0.371. The largest absolute Gasteiger partial charge is 0.457 e. The molecule has 0 spiro atoms. The summed E-state index contributed by atoms with van der Waals surface area (Å²) in [7, 11) is -3.82. The van der Waals surface area contributed by atoms with Gasteiger partial charge in [-0.1, -0.05) is 37.6 Å². The van der Waals surface area contributed by atoms with Gasteiger partial charge in [0, 0.05) is 24.7 Å². The first kappa shape index (κ1) is 25.2. The average Bonchev–Trinajstić information content (AvgIpc) is 2.76. The molecule has 0 saturated heterocycles. The van der Waals surface area contributed by atoms with Crippen LogP contribution in [-0.4, -0.2) is 39.2 Å². The van der Waals surface area contributed by atoms with Crippen molar-refractivity contribution >= 4 is 33.4 Å². The minimum Gasteiger partial charge on any atom is -0.457 e. The highest BCUT2D eigenvalue weighted by Gasteiger charge is 2.15. The number of carbonyl (C=O) groups is 3. The zero-order valence-electron chi connectivity index (χ0n) is 18.2. The maximum Gasteiger partial charge on any atom is 0.307 e. The fourth-order valence-corrected chi connectivity index (χ4v) is 3.86. The standard InChI is InChI=1S/C23H28N2O6S/c1-3-4-5-18-6-8-19(9-7-18)22(27)16-31-23(28)14-15-24-32(29,30)21-12-10-20(11-13-21)25-17(2)26/h6-13,24H,3-5,14-16H2,1-2H3,(H,25,26). The Morgan fingerprint density at radius 1 is 0.969 bits per heavy atom. The third-order valence-electron chi connectivity index (χ3n) is 4.57. The minimum absolute atomic E-state index is 0.00229. The molecule has 0 heterocycles. The lowest BCUT2D eigenvalue weighted by Gasteiger charge is -2.08. The number of amides is 1. The number of carbonyl (C=O) groups excluding carboxylic acids is 3. The zero-order valence-corrected chi connectivity index (χ0v) is 19.0. The van der Waals surface area contributed by atoms with Gasteiger partial charge in [-0.15, -0.1) is 0 Å². The fraction of sp³-hybridized carbons (Fsp3) is 0.348. The molecular weight excluding hydrogens is 432 g/mol. The second-order valence-corrected chi connectivity index (χ2v) is 9.00. The molecule has 0 radical (unpaired) electrons. The Kier molecular flexibility index (Phi) is 9.55. The SMILES string of the molecule is CCCCc1ccc(C(=O)COC(=O)CCNS(=O)(=O)c2ccc(NC(C)=O)cc2)cc1. The Morgan fingerprint density at radius 2 is 1.62 bits per heavy atom. The van der Waals surface area contributed by atoms with Crippen molar-refractivity contribution in [3.8, 4) is 0 Å². The summed E-state index contributed by atoms with van der Waals surface area (Å²) in [5.74, 6) is -1.26. The number of Topliss-reactive ketones (excluding diaryl/α,β-unsaturated/α-hetero) is 1. The van der Waals surface area contributed by atoms with Gasteiger partial charge in [0.15, 0.2) is 12.4 Å². The topological polar surface area (TPSA) is 119 Å². The summed E-state index contributed by atoms with van der Waals surface area (Å²) in [6.45, 7) is 2.90. The normalized spacial score (nSPS) is 11.1. The molecule has 0 aromatic heterocycles. The molecule has 0 unspecified atom stereocenters. The number of esters is 1. The summed E-state index contributed by atoms with van der Waals surface area (Å²) >= 11 is 0. The van der Waals surface area contributed by atoms with Gasteiger partial charge in [-0.3, -0.25) is 14.4 Å². The lowest BCUT2D eigenvalue weighted by Crippen LogP contribution is -2.27. The summed E-state index contributed by atoms with van der Waals surface area (Å²) in [6, 6.07) is 12.8. The number of hydrogen-bond donors (Lipinski definition) is 2. The van der Waals surface area contributed by atoms with E-state index in [0.717, 1.165) is 24.8 Å². The number of benzene rings is 2. The molecule has 0 atom stereocenters. The van der Waals surface area contributed by atoms with Gasteiger partial charge >= 0.3 is 5.97 Å². The minimum atomic E-state index is -3.82. The second kappa shape index (κ2) is 12.1. The predicted octanol–water partition coefficient (Wildman–Crippen LogP) is 3.08. The van der Waals surface area contributed by atoms with E-state index in [-0.39, 0.29) is 29.6 Å². The van der Waals surface area contributed by atoms with Crippen LogP contribution in [0.2, 0.25) is 0 Å². The highest BCUT2D eigenvalue weighted by atomic mass is 32.2. The summed E-state index contributed by atoms with van der Waals surface area (Å²) in [6.07, 6.45) is 2.91. The average molecular weight is 461 g/mol. The number of anilines is 1. The molecule has 32 heavy (non-hydrogen) atoms. The lowest BCUT2D eigenvalue weighted by molar-refractivity contribution is -0.142. The van der Waals surface area contributed by atoms with E-state index in [1.54, 1.807) is 12.1 Å². The van der Waals surface area contributed by atoms with Crippen LogP contribution in [0.3, 0.4) is 0 Å². The Balaban J connectivity index is 1.76. The summed E-state index contributed by atoms with van der Waals surface area (Å²) in [5, 5.41) is 2.54. The number of rotatable bonds is 12. The van der Waals surface area contributed by atoms with Crippen molar-refractivity contribution in [2.45, 2.75) is 44.4 Å². The van der Waals surface area contributed by atoms with E-state index in [0.29, 0.717) is 11.3 Å². The van der Waals surface area contributed by atoms with Crippen molar-refractivity contribution in [1.82, 2.24) is 4.72 Å². The predicted molar refractivity (Wildman–Crippen MR) is 121 cm³/mol. The maximum atomic E-state index is 12.3. The zero-order chi connectivity index (χ0) is 23.6. The van der Waals surface area contributed by atoms with Crippen molar-refractivity contribution in [2.75, 3.05) is 18.5 Å². The van der Waals surface area contributed by atoms with Gasteiger partial charge < -0.3 is 10.1 Å². The molecule has 8 nitrogen and oxygen atoms in total. The highest BCUT2D eigenvalue weighted by molar-refractivity contribution is 7.89. The van der Waals surface area contributed by atoms with Gasteiger partial charge in [-0.2, -0.15) is 0 Å². The molecule has 2 rings (SSSR count). The number of nitrogens with one attached hydrogen (secondary N) is 2. The van der Waals surface area contributed by atoms with E-state index in [4.69, 9.17) is 4.74 Å². The van der Waals surface area contributed by atoms with Crippen LogP contribution in [0.25, 0.3) is 0 Å². The molecule has 2 aromatic rings. The molecular formula is C23H28N2O6S. The molecule has 0 saturated carbocycles. The summed E-state index contributed by atoms with van der Waals surface area (Å²) in [4.78, 5) is 35.1. The molecule has 0 aliphatic heterocycles. The monoisotopic (exact) mass is 460 g/mol. The van der Waals surface area contributed by atoms with Gasteiger partial charge in [0.1, 0.15) is 0 Å². The molecule has 0 aliphatic carbocycles. The first-order valence-electron chi connectivity index (χ1n) is 10.4. The number of unbranched alkanes of at least 4 members (excludes halogenated alkanes) is 1. The van der Waals surface area contributed by atoms with E-state index in [1.165, 1.54) is 31.2 Å². The lowest BCUT2D eigenvalue weighted by atomic mass is 10.0. The van der Waals surface area contributed by atoms with Gasteiger partial charge in [0.05, 0.1) is 11.3 Å². The van der Waals surface area contributed by atoms with E-state index in [1.807, 2.05) is 12.1 Å². The van der Waals surface area contributed by atoms with E-state index in [2.05, 4.69) is 17.0 Å². The molecule has 0 fully saturated rings. The molecule has 1 amide bonds. The Morgan fingerprint density at radius 3 is 2.22 bits per heavy atom. The van der Waals surface area contributed by atoms with Crippen LogP contribution in [0.5, 0.6) is 0 Å². The van der Waals surface area contributed by atoms with Gasteiger partial charge in [-0.05, 0) is 42.7 Å². The smallest absolute Gasteiger partial charge is 0.307 e. The van der Waals surface area contributed by atoms with Crippen molar-refractivity contribution in [3.05, 3.63) is 59.7 Å². The maximum absolute atomic E-state index is 12.3. The number of ketones is 1. The number of aryl methyl sites for hydroxylation is 1. The van der Waals surface area contributed by atoms with E-state index in [9.17, 15) is 22.8 Å². The highest BCUT2D eigenvalue weighted by Crippen LogP contribution is 2.14. The fourth-order valence-electron chi connectivity index (χ4n) is 2.83. The van der Waals surface area contributed by atoms with Crippen LogP contribution in [-0.2, 0) is 30.8 Å². The van der Waals surface area contributed by atoms with E-state index < -0.39 is 22.6 Å². The second-order valence-electron chi connectivity index (χ2n) is 7.24. The van der Waals surface area contributed by atoms with Crippen molar-refractivity contribution in [2.24, 2.45) is 0 Å². The van der Waals surface area contributed by atoms with Gasteiger partial charge in [-0.25, -0.2) is 13.1 Å². The third kappa shape index (κ3) is 8.24. The van der Waals surface area contributed by atoms with Crippen molar-refractivity contribution in [3.63, 3.8) is 0 Å². The molecule has 0 bridgehead atoms. The van der Waals surface area contributed by atoms with Crippen LogP contribution >= 0.6 is 0 Å². The molecule has 0 aliphatic rings. The van der Waals surface area contributed by atoms with Crippen LogP contribution in [0.1, 0.15) is 49.0 Å². The Labute approximate surface area is 188 Å². The van der Waals surface area contributed by atoms with Gasteiger partial charge in [0.25, 0.3) is 0 Å². The summed E-state index contributed by atoms with van der Waals surface area (Å²) < 4.78 is 31.8. The molecule has 172 valence electrons. The van der Waals surface area contributed by atoms with Crippen LogP contribution in [0.15, 0.2) is 53.4 Å². The van der Waals surface area contributed by atoms with Gasteiger partial charge in [0.2, 0.25) is 15.9 Å². The molecule has 2 aromatic carbocycles. The van der Waals surface area contributed by atoms with Crippen molar-refractivity contribution < 1.29 is 27.5 Å². The molecule has 9 heteroatoms. The Hall–Kier alpha value is -3.04.